The molecule has 0 saturated heterocycles. The lowest BCUT2D eigenvalue weighted by molar-refractivity contribution is -0.120. The predicted molar refractivity (Wildman–Crippen MR) is 61.6 cm³/mol. The van der Waals surface area contributed by atoms with Gasteiger partial charge in [-0.05, 0) is 25.1 Å². The average molecular weight is 248 g/mol. The van der Waals surface area contributed by atoms with E-state index in [1.165, 1.54) is 0 Å². The highest BCUT2D eigenvalue weighted by Crippen LogP contribution is 2.25. The maximum Gasteiger partial charge on any atom is 0.250 e. The summed E-state index contributed by atoms with van der Waals surface area (Å²) in [6.07, 6.45) is 0. The Balaban J connectivity index is 2.60. The van der Waals surface area contributed by atoms with Crippen LogP contribution in [0.5, 0.6) is 0 Å². The first kappa shape index (κ1) is 12.3. The van der Waals surface area contributed by atoms with Crippen molar-refractivity contribution in [2.45, 2.75) is 6.92 Å². The van der Waals surface area contributed by atoms with Crippen LogP contribution in [0.25, 0.3) is 0 Å². The number of rotatable bonds is 4. The van der Waals surface area contributed by atoms with E-state index in [0.717, 1.165) is 0 Å². The van der Waals surface area contributed by atoms with Gasteiger partial charge in [0.15, 0.2) is 0 Å². The van der Waals surface area contributed by atoms with Gasteiger partial charge in [-0.2, -0.15) is 0 Å². The fourth-order valence-corrected chi connectivity index (χ4v) is 1.43. The van der Waals surface area contributed by atoms with E-state index in [0.29, 0.717) is 22.3 Å². The van der Waals surface area contributed by atoms with Gasteiger partial charge in [-0.3, -0.25) is 4.79 Å². The van der Waals surface area contributed by atoms with Gasteiger partial charge in [0.05, 0.1) is 10.7 Å². The van der Waals surface area contributed by atoms with Crippen molar-refractivity contribution in [2.75, 3.05) is 18.5 Å². The molecule has 5 heteroatoms. The van der Waals surface area contributed by atoms with Crippen LogP contribution < -0.4 is 5.32 Å². The van der Waals surface area contributed by atoms with Crippen molar-refractivity contribution in [3.8, 4) is 0 Å². The minimum atomic E-state index is -0.235. The summed E-state index contributed by atoms with van der Waals surface area (Å²) >= 11 is 11.6. The third kappa shape index (κ3) is 4.08. The SMILES string of the molecule is CCOCC(=O)Nc1ccc(Cl)cc1Cl. The molecule has 0 saturated carbocycles. The Labute approximate surface area is 98.3 Å². The number of hydrogen-bond acceptors (Lipinski definition) is 2. The van der Waals surface area contributed by atoms with Crippen molar-refractivity contribution in [3.05, 3.63) is 28.2 Å². The summed E-state index contributed by atoms with van der Waals surface area (Å²) in [6, 6.07) is 4.87. The Morgan fingerprint density at radius 1 is 1.47 bits per heavy atom. The third-order valence-corrected chi connectivity index (χ3v) is 2.19. The molecule has 0 aliphatic rings. The van der Waals surface area contributed by atoms with Crippen LogP contribution in [-0.4, -0.2) is 19.1 Å². The maximum atomic E-state index is 11.3. The Bertz CT molecular complexity index is 355. The summed E-state index contributed by atoms with van der Waals surface area (Å²) in [4.78, 5) is 11.3. The zero-order valence-corrected chi connectivity index (χ0v) is 9.73. The van der Waals surface area contributed by atoms with Gasteiger partial charge in [-0.25, -0.2) is 0 Å². The number of anilines is 1. The molecule has 0 atom stereocenters. The molecule has 0 radical (unpaired) electrons. The molecule has 1 rings (SSSR count). The fourth-order valence-electron chi connectivity index (χ4n) is 0.972. The quantitative estimate of drug-likeness (QED) is 0.889. The number of ether oxygens (including phenoxy) is 1. The van der Waals surface area contributed by atoms with Crippen LogP contribution in [0.2, 0.25) is 10.0 Å². The monoisotopic (exact) mass is 247 g/mol. The van der Waals surface area contributed by atoms with Crippen LogP contribution in [-0.2, 0) is 9.53 Å². The smallest absolute Gasteiger partial charge is 0.250 e. The Morgan fingerprint density at radius 3 is 2.80 bits per heavy atom. The van der Waals surface area contributed by atoms with Gasteiger partial charge < -0.3 is 10.1 Å². The molecule has 1 aromatic carbocycles. The van der Waals surface area contributed by atoms with E-state index in [1.807, 2.05) is 6.92 Å². The first-order valence-electron chi connectivity index (χ1n) is 4.46. The maximum absolute atomic E-state index is 11.3. The van der Waals surface area contributed by atoms with Gasteiger partial charge in [0.25, 0.3) is 0 Å². The number of carbonyl (C=O) groups excluding carboxylic acids is 1. The molecule has 1 amide bonds. The Morgan fingerprint density at radius 2 is 2.20 bits per heavy atom. The van der Waals surface area contributed by atoms with Gasteiger partial charge in [0, 0.05) is 11.6 Å². The molecule has 0 aliphatic heterocycles. The molecule has 1 aromatic rings. The summed E-state index contributed by atoms with van der Waals surface area (Å²) in [5.74, 6) is -0.235. The standard InChI is InChI=1S/C10H11Cl2NO2/c1-2-15-6-10(14)13-9-4-3-7(11)5-8(9)12/h3-5H,2,6H2,1H3,(H,13,14). The van der Waals surface area contributed by atoms with Gasteiger partial charge in [-0.1, -0.05) is 23.2 Å². The number of halogens is 2. The lowest BCUT2D eigenvalue weighted by Gasteiger charge is -2.07. The molecule has 0 spiro atoms. The molecule has 0 unspecified atom stereocenters. The molecular formula is C10H11Cl2NO2. The zero-order chi connectivity index (χ0) is 11.3. The molecule has 15 heavy (non-hydrogen) atoms. The second-order valence-corrected chi connectivity index (χ2v) is 3.65. The highest BCUT2D eigenvalue weighted by Gasteiger charge is 2.05. The van der Waals surface area contributed by atoms with Crippen LogP contribution in [0.1, 0.15) is 6.92 Å². The second-order valence-electron chi connectivity index (χ2n) is 2.81. The summed E-state index contributed by atoms with van der Waals surface area (Å²) < 4.78 is 4.95. The van der Waals surface area contributed by atoms with Crippen LogP contribution >= 0.6 is 23.2 Å². The summed E-state index contributed by atoms with van der Waals surface area (Å²) in [5, 5.41) is 3.56. The predicted octanol–water partition coefficient (Wildman–Crippen LogP) is 2.97. The summed E-state index contributed by atoms with van der Waals surface area (Å²) in [5.41, 5.74) is 0.533. The van der Waals surface area contributed by atoms with E-state index < -0.39 is 0 Å². The van der Waals surface area contributed by atoms with E-state index in [9.17, 15) is 4.79 Å². The average Bonchev–Trinajstić information content (AvgIpc) is 2.19. The van der Waals surface area contributed by atoms with Gasteiger partial charge in [0.1, 0.15) is 6.61 Å². The number of carbonyl (C=O) groups is 1. The van der Waals surface area contributed by atoms with Crippen molar-refractivity contribution in [1.29, 1.82) is 0 Å². The fraction of sp³-hybridized carbons (Fsp3) is 0.300. The van der Waals surface area contributed by atoms with E-state index in [4.69, 9.17) is 27.9 Å². The minimum Gasteiger partial charge on any atom is -0.372 e. The summed E-state index contributed by atoms with van der Waals surface area (Å²) in [7, 11) is 0. The molecular weight excluding hydrogens is 237 g/mol. The van der Waals surface area contributed by atoms with E-state index >= 15 is 0 Å². The van der Waals surface area contributed by atoms with Crippen molar-refractivity contribution >= 4 is 34.8 Å². The Kier molecular flexibility index (Phi) is 4.88. The molecule has 0 fully saturated rings. The van der Waals surface area contributed by atoms with Gasteiger partial charge >= 0.3 is 0 Å². The number of amides is 1. The van der Waals surface area contributed by atoms with Gasteiger partial charge in [-0.15, -0.1) is 0 Å². The van der Waals surface area contributed by atoms with Crippen LogP contribution in [0.3, 0.4) is 0 Å². The van der Waals surface area contributed by atoms with E-state index in [-0.39, 0.29) is 12.5 Å². The van der Waals surface area contributed by atoms with Crippen LogP contribution in [0, 0.1) is 0 Å². The second kappa shape index (κ2) is 5.95. The molecule has 82 valence electrons. The molecule has 0 heterocycles. The molecule has 3 nitrogen and oxygen atoms in total. The number of nitrogens with one attached hydrogen (secondary N) is 1. The molecule has 1 N–H and O–H groups in total. The van der Waals surface area contributed by atoms with Crippen LogP contribution in [0.15, 0.2) is 18.2 Å². The van der Waals surface area contributed by atoms with Crippen molar-refractivity contribution in [3.63, 3.8) is 0 Å². The summed E-state index contributed by atoms with van der Waals surface area (Å²) in [6.45, 7) is 2.35. The van der Waals surface area contributed by atoms with Crippen LogP contribution in [0.4, 0.5) is 5.69 Å². The van der Waals surface area contributed by atoms with Crippen molar-refractivity contribution in [1.82, 2.24) is 0 Å². The van der Waals surface area contributed by atoms with E-state index in [1.54, 1.807) is 18.2 Å². The molecule has 0 bridgehead atoms. The van der Waals surface area contributed by atoms with Crippen molar-refractivity contribution in [2.24, 2.45) is 0 Å². The van der Waals surface area contributed by atoms with E-state index in [2.05, 4.69) is 5.32 Å². The third-order valence-electron chi connectivity index (χ3n) is 1.64. The first-order valence-corrected chi connectivity index (χ1v) is 5.21. The van der Waals surface area contributed by atoms with Gasteiger partial charge in [0.2, 0.25) is 5.91 Å². The minimum absolute atomic E-state index is 0.0233. The largest absolute Gasteiger partial charge is 0.372 e. The zero-order valence-electron chi connectivity index (χ0n) is 8.22. The lowest BCUT2D eigenvalue weighted by atomic mass is 10.3. The normalized spacial score (nSPS) is 10.1. The number of hydrogen-bond donors (Lipinski definition) is 1. The highest BCUT2D eigenvalue weighted by atomic mass is 35.5. The number of benzene rings is 1. The highest BCUT2D eigenvalue weighted by molar-refractivity contribution is 6.36. The first-order chi connectivity index (χ1) is 7.13. The molecule has 0 aromatic heterocycles. The molecule has 0 aliphatic carbocycles. The Hall–Kier alpha value is -0.770. The lowest BCUT2D eigenvalue weighted by Crippen LogP contribution is -2.18. The van der Waals surface area contributed by atoms with Crippen molar-refractivity contribution < 1.29 is 9.53 Å². The topological polar surface area (TPSA) is 38.3 Å².